The fourth-order valence-corrected chi connectivity index (χ4v) is 2.44. The summed E-state index contributed by atoms with van der Waals surface area (Å²) >= 11 is 0. The van der Waals surface area contributed by atoms with Crippen molar-refractivity contribution in [3.05, 3.63) is 23.7 Å². The zero-order chi connectivity index (χ0) is 13.9. The number of hydrogen-bond acceptors (Lipinski definition) is 4. The molecule has 0 bridgehead atoms. The number of carbonyl (C=O) groups is 2. The average molecular weight is 266 g/mol. The highest BCUT2D eigenvalue weighted by Crippen LogP contribution is 2.29. The van der Waals surface area contributed by atoms with Crippen molar-refractivity contribution in [2.45, 2.75) is 44.2 Å². The molecule has 0 radical (unpaired) electrons. The number of aliphatic carboxylic acids is 1. The smallest absolute Gasteiger partial charge is 0.329 e. The maximum atomic E-state index is 12.0. The lowest BCUT2D eigenvalue weighted by molar-refractivity contribution is -0.145. The van der Waals surface area contributed by atoms with Crippen LogP contribution in [0.15, 0.2) is 16.5 Å². The molecule has 1 aromatic rings. The highest BCUT2D eigenvalue weighted by Gasteiger charge is 2.41. The van der Waals surface area contributed by atoms with Gasteiger partial charge in [0, 0.05) is 0 Å². The molecule has 4 N–H and O–H groups in total. The zero-order valence-corrected chi connectivity index (χ0v) is 10.6. The first-order chi connectivity index (χ1) is 9.07. The van der Waals surface area contributed by atoms with Crippen LogP contribution in [0.4, 0.5) is 0 Å². The molecule has 0 aliphatic heterocycles. The molecule has 0 unspecified atom stereocenters. The van der Waals surface area contributed by atoms with Crippen molar-refractivity contribution in [1.29, 1.82) is 0 Å². The summed E-state index contributed by atoms with van der Waals surface area (Å²) in [5.74, 6) is -0.875. The van der Waals surface area contributed by atoms with Crippen molar-refractivity contribution in [3.8, 4) is 0 Å². The van der Waals surface area contributed by atoms with Crippen molar-refractivity contribution in [2.75, 3.05) is 0 Å². The molecule has 1 aliphatic rings. The Morgan fingerprint density at radius 3 is 2.53 bits per heavy atom. The van der Waals surface area contributed by atoms with Crippen LogP contribution < -0.4 is 11.1 Å². The van der Waals surface area contributed by atoms with E-state index in [1.54, 1.807) is 6.07 Å². The normalized spacial score (nSPS) is 17.9. The lowest BCUT2D eigenvalue weighted by Crippen LogP contribution is -2.55. The molecule has 19 heavy (non-hydrogen) atoms. The molecule has 6 heteroatoms. The molecule has 1 heterocycles. The zero-order valence-electron chi connectivity index (χ0n) is 10.6. The van der Waals surface area contributed by atoms with Crippen LogP contribution in [0.5, 0.6) is 0 Å². The summed E-state index contributed by atoms with van der Waals surface area (Å²) in [6.45, 7) is 0.206. The average Bonchev–Trinajstić information content (AvgIpc) is 2.88. The Morgan fingerprint density at radius 1 is 1.32 bits per heavy atom. The lowest BCUT2D eigenvalue weighted by Gasteiger charge is -2.33. The van der Waals surface area contributed by atoms with E-state index in [0.717, 1.165) is 19.3 Å². The first kappa shape index (κ1) is 13.6. The second kappa shape index (κ2) is 5.44. The standard InChI is InChI=1S/C13H18N2O4/c14-8-9-4-5-10(19-9)11(16)15-13(12(17)18)6-2-1-3-7-13/h4-5H,1-3,6-8,14H2,(H,15,16)(H,17,18). The van der Waals surface area contributed by atoms with Crippen molar-refractivity contribution in [2.24, 2.45) is 5.73 Å². The van der Waals surface area contributed by atoms with Crippen molar-refractivity contribution < 1.29 is 19.1 Å². The Bertz CT molecular complexity index is 475. The van der Waals surface area contributed by atoms with Gasteiger partial charge in [-0.2, -0.15) is 0 Å². The molecule has 0 aromatic carbocycles. The second-order valence-electron chi connectivity index (χ2n) is 4.87. The SMILES string of the molecule is NCc1ccc(C(=O)NC2(C(=O)O)CCCCC2)o1. The van der Waals surface area contributed by atoms with Gasteiger partial charge in [-0.25, -0.2) is 4.79 Å². The maximum Gasteiger partial charge on any atom is 0.329 e. The fourth-order valence-electron chi connectivity index (χ4n) is 2.44. The summed E-state index contributed by atoms with van der Waals surface area (Å²) in [4.78, 5) is 23.5. The third-order valence-corrected chi connectivity index (χ3v) is 3.56. The highest BCUT2D eigenvalue weighted by molar-refractivity contribution is 5.95. The number of furan rings is 1. The molecule has 1 aromatic heterocycles. The van der Waals surface area contributed by atoms with Gasteiger partial charge in [0.25, 0.3) is 5.91 Å². The van der Waals surface area contributed by atoms with E-state index in [1.165, 1.54) is 6.07 Å². The fraction of sp³-hybridized carbons (Fsp3) is 0.538. The van der Waals surface area contributed by atoms with Gasteiger partial charge < -0.3 is 20.6 Å². The van der Waals surface area contributed by atoms with Gasteiger partial charge in [0.2, 0.25) is 0 Å². The highest BCUT2D eigenvalue weighted by atomic mass is 16.4. The minimum absolute atomic E-state index is 0.103. The van der Waals surface area contributed by atoms with Crippen LogP contribution in [0, 0.1) is 0 Å². The van der Waals surface area contributed by atoms with E-state index in [2.05, 4.69) is 5.32 Å². The van der Waals surface area contributed by atoms with Gasteiger partial charge in [-0.05, 0) is 25.0 Å². The van der Waals surface area contributed by atoms with Gasteiger partial charge in [0.05, 0.1) is 6.54 Å². The summed E-state index contributed by atoms with van der Waals surface area (Å²) in [5.41, 5.74) is 4.24. The van der Waals surface area contributed by atoms with E-state index in [4.69, 9.17) is 10.2 Å². The van der Waals surface area contributed by atoms with Crippen LogP contribution >= 0.6 is 0 Å². The summed E-state index contributed by atoms with van der Waals surface area (Å²) in [7, 11) is 0. The number of carboxylic acid groups (broad SMARTS) is 1. The van der Waals surface area contributed by atoms with E-state index in [-0.39, 0.29) is 12.3 Å². The molecule has 1 saturated carbocycles. The minimum atomic E-state index is -1.16. The third-order valence-electron chi connectivity index (χ3n) is 3.56. The summed E-state index contributed by atoms with van der Waals surface area (Å²) in [6, 6.07) is 3.12. The first-order valence-electron chi connectivity index (χ1n) is 6.42. The monoisotopic (exact) mass is 266 g/mol. The maximum absolute atomic E-state index is 12.0. The third kappa shape index (κ3) is 2.78. The lowest BCUT2D eigenvalue weighted by atomic mass is 9.81. The molecule has 0 saturated heterocycles. The van der Waals surface area contributed by atoms with Gasteiger partial charge in [0.1, 0.15) is 11.3 Å². The van der Waals surface area contributed by atoms with Gasteiger partial charge in [0.15, 0.2) is 5.76 Å². The van der Waals surface area contributed by atoms with Crippen LogP contribution in [-0.2, 0) is 11.3 Å². The predicted molar refractivity (Wildman–Crippen MR) is 67.5 cm³/mol. The molecule has 0 atom stereocenters. The van der Waals surface area contributed by atoms with E-state index < -0.39 is 17.4 Å². The number of nitrogens with two attached hydrogens (primary N) is 1. The van der Waals surface area contributed by atoms with Gasteiger partial charge in [-0.1, -0.05) is 19.3 Å². The number of carbonyl (C=O) groups excluding carboxylic acids is 1. The summed E-state index contributed by atoms with van der Waals surface area (Å²) in [6.07, 6.45) is 3.53. The van der Waals surface area contributed by atoms with Crippen LogP contribution in [0.2, 0.25) is 0 Å². The van der Waals surface area contributed by atoms with E-state index in [1.807, 2.05) is 0 Å². The molecule has 1 fully saturated rings. The number of carboxylic acids is 1. The van der Waals surface area contributed by atoms with E-state index >= 15 is 0 Å². The number of hydrogen-bond donors (Lipinski definition) is 3. The van der Waals surface area contributed by atoms with Crippen LogP contribution in [0.3, 0.4) is 0 Å². The van der Waals surface area contributed by atoms with Gasteiger partial charge in [-0.15, -0.1) is 0 Å². The van der Waals surface area contributed by atoms with E-state index in [9.17, 15) is 14.7 Å². The summed E-state index contributed by atoms with van der Waals surface area (Å²) in [5, 5.41) is 12.0. The van der Waals surface area contributed by atoms with Gasteiger partial charge >= 0.3 is 5.97 Å². The number of nitrogens with one attached hydrogen (secondary N) is 1. The molecule has 0 spiro atoms. The predicted octanol–water partition coefficient (Wildman–Crippen LogP) is 1.26. The van der Waals surface area contributed by atoms with Crippen molar-refractivity contribution >= 4 is 11.9 Å². The number of amides is 1. The minimum Gasteiger partial charge on any atom is -0.480 e. The molecular weight excluding hydrogens is 248 g/mol. The van der Waals surface area contributed by atoms with Crippen LogP contribution in [0.25, 0.3) is 0 Å². The van der Waals surface area contributed by atoms with Crippen LogP contribution in [0.1, 0.15) is 48.4 Å². The first-order valence-corrected chi connectivity index (χ1v) is 6.42. The van der Waals surface area contributed by atoms with Crippen molar-refractivity contribution in [1.82, 2.24) is 5.32 Å². The van der Waals surface area contributed by atoms with E-state index in [0.29, 0.717) is 18.6 Å². The Labute approximate surface area is 111 Å². The number of rotatable bonds is 4. The second-order valence-corrected chi connectivity index (χ2v) is 4.87. The van der Waals surface area contributed by atoms with Crippen molar-refractivity contribution in [3.63, 3.8) is 0 Å². The van der Waals surface area contributed by atoms with Crippen LogP contribution in [-0.4, -0.2) is 22.5 Å². The van der Waals surface area contributed by atoms with Gasteiger partial charge in [-0.3, -0.25) is 4.79 Å². The Balaban J connectivity index is 2.12. The quantitative estimate of drug-likeness (QED) is 0.760. The summed E-state index contributed by atoms with van der Waals surface area (Å²) < 4.78 is 5.23. The molecular formula is C13H18N2O4. The Hall–Kier alpha value is -1.82. The molecule has 104 valence electrons. The Morgan fingerprint density at radius 2 is 2.00 bits per heavy atom. The Kier molecular flexibility index (Phi) is 3.90. The molecule has 1 aliphatic carbocycles. The largest absolute Gasteiger partial charge is 0.480 e. The molecule has 6 nitrogen and oxygen atoms in total. The molecule has 2 rings (SSSR count). The topological polar surface area (TPSA) is 106 Å². The molecule has 1 amide bonds.